The second-order valence-corrected chi connectivity index (χ2v) is 11.3. The van der Waals surface area contributed by atoms with Crippen LogP contribution < -0.4 is 5.56 Å². The van der Waals surface area contributed by atoms with E-state index in [0.29, 0.717) is 6.04 Å². The molecule has 0 amide bonds. The minimum absolute atomic E-state index is 0.0141. The number of nitrogens with one attached hydrogen (secondary N) is 2. The summed E-state index contributed by atoms with van der Waals surface area (Å²) in [4.78, 5) is 22.7. The summed E-state index contributed by atoms with van der Waals surface area (Å²) in [5, 5.41) is 5.84. The van der Waals surface area contributed by atoms with Crippen LogP contribution in [0.1, 0.15) is 37.4 Å². The number of hydrogen-bond acceptors (Lipinski definition) is 5. The maximum atomic E-state index is 13.7. The molecule has 8 heteroatoms. The van der Waals surface area contributed by atoms with Gasteiger partial charge < -0.3 is 4.90 Å². The van der Waals surface area contributed by atoms with Crippen molar-refractivity contribution in [3.8, 4) is 11.3 Å². The molecule has 1 atom stereocenters. The number of aromatic nitrogens is 2. The van der Waals surface area contributed by atoms with Gasteiger partial charge in [0.2, 0.25) is 0 Å². The molecule has 0 bridgehead atoms. The van der Waals surface area contributed by atoms with E-state index < -0.39 is 0 Å². The molecule has 0 aliphatic carbocycles. The van der Waals surface area contributed by atoms with Gasteiger partial charge in [0, 0.05) is 76.5 Å². The predicted molar refractivity (Wildman–Crippen MR) is 155 cm³/mol. The highest BCUT2D eigenvalue weighted by Gasteiger charge is 2.29. The zero-order chi connectivity index (χ0) is 27.2. The molecule has 3 heterocycles. The van der Waals surface area contributed by atoms with Gasteiger partial charge in [-0.2, -0.15) is 0 Å². The number of aromatic amines is 2. The molecule has 0 radical (unpaired) electrons. The molecule has 2 saturated heterocycles. The zero-order valence-electron chi connectivity index (χ0n) is 23.4. The molecule has 0 spiro atoms. The Labute approximate surface area is 231 Å². The van der Waals surface area contributed by atoms with Gasteiger partial charge >= 0.3 is 0 Å². The van der Waals surface area contributed by atoms with Crippen molar-refractivity contribution in [2.24, 2.45) is 0 Å². The molecule has 2 aliphatic rings. The van der Waals surface area contributed by atoms with Gasteiger partial charge in [-0.25, -0.2) is 4.39 Å². The predicted octanol–water partition coefficient (Wildman–Crippen LogP) is 3.83. The van der Waals surface area contributed by atoms with Crippen molar-refractivity contribution in [2.75, 3.05) is 65.4 Å². The van der Waals surface area contributed by atoms with Gasteiger partial charge in [-0.3, -0.25) is 29.7 Å². The van der Waals surface area contributed by atoms with E-state index in [1.165, 1.54) is 5.56 Å². The van der Waals surface area contributed by atoms with Gasteiger partial charge in [0.05, 0.1) is 5.69 Å². The monoisotopic (exact) mass is 534 g/mol. The summed E-state index contributed by atoms with van der Waals surface area (Å²) in [6, 6.07) is 18.0. The van der Waals surface area contributed by atoms with Gasteiger partial charge in [0.1, 0.15) is 5.82 Å². The van der Waals surface area contributed by atoms with Crippen LogP contribution in [-0.2, 0) is 6.42 Å². The molecule has 2 aliphatic heterocycles. The van der Waals surface area contributed by atoms with Crippen LogP contribution >= 0.6 is 0 Å². The first-order chi connectivity index (χ1) is 19.0. The maximum Gasteiger partial charge on any atom is 0.267 e. The van der Waals surface area contributed by atoms with Crippen LogP contribution in [0.2, 0.25) is 0 Å². The van der Waals surface area contributed by atoms with E-state index >= 15 is 0 Å². The fourth-order valence-electron chi connectivity index (χ4n) is 6.08. The smallest absolute Gasteiger partial charge is 0.267 e. The van der Waals surface area contributed by atoms with Gasteiger partial charge in [0.25, 0.3) is 5.56 Å². The lowest BCUT2D eigenvalue weighted by Gasteiger charge is -2.43. The fourth-order valence-corrected chi connectivity index (χ4v) is 6.08. The van der Waals surface area contributed by atoms with Crippen molar-refractivity contribution in [3.63, 3.8) is 0 Å². The van der Waals surface area contributed by atoms with Crippen molar-refractivity contribution in [2.45, 2.75) is 38.8 Å². The van der Waals surface area contributed by atoms with Gasteiger partial charge in [-0.1, -0.05) is 42.5 Å². The molecular formula is C31H43FN6O. The van der Waals surface area contributed by atoms with Crippen LogP contribution in [0.15, 0.2) is 59.4 Å². The van der Waals surface area contributed by atoms with Crippen LogP contribution in [0.25, 0.3) is 11.3 Å². The van der Waals surface area contributed by atoms with Crippen LogP contribution in [0, 0.1) is 5.82 Å². The molecule has 7 nitrogen and oxygen atoms in total. The number of benzene rings is 2. The molecular weight excluding hydrogens is 491 g/mol. The first kappa shape index (κ1) is 27.8. The standard InChI is InChI=1S/C31H43FN6O/c1-24(2)37-19-21-38(22-20-37)29(25-10-12-27(32)13-11-25)23-36-17-15-35(16-18-36)14-6-9-28-30(33-34-31(28)39)26-7-4-3-5-8-26/h3-5,7-8,10-13,24,29H,6,9,14-23H2,1-2H3,(H2,33,34,39). The molecule has 2 N–H and O–H groups in total. The van der Waals surface area contributed by atoms with E-state index in [1.807, 2.05) is 42.5 Å². The number of hydrogen-bond donors (Lipinski definition) is 2. The average Bonchev–Trinajstić information content (AvgIpc) is 3.33. The van der Waals surface area contributed by atoms with Crippen molar-refractivity contribution < 1.29 is 4.39 Å². The first-order valence-electron chi connectivity index (χ1n) is 14.5. The number of piperazine rings is 2. The van der Waals surface area contributed by atoms with Crippen LogP contribution in [0.4, 0.5) is 4.39 Å². The van der Waals surface area contributed by atoms with Crippen LogP contribution in [0.3, 0.4) is 0 Å². The summed E-state index contributed by atoms with van der Waals surface area (Å²) < 4.78 is 13.7. The Morgan fingerprint density at radius 1 is 0.795 bits per heavy atom. The van der Waals surface area contributed by atoms with E-state index in [2.05, 4.69) is 43.6 Å². The molecule has 5 rings (SSSR count). The SMILES string of the molecule is CC(C)N1CCN(C(CN2CCN(CCCc3c(-c4ccccc4)[nH][nH]c3=O)CC2)c2ccc(F)cc2)CC1. The van der Waals surface area contributed by atoms with E-state index in [1.54, 1.807) is 12.1 Å². The first-order valence-corrected chi connectivity index (χ1v) is 14.5. The van der Waals surface area contributed by atoms with E-state index in [0.717, 1.165) is 95.1 Å². The minimum atomic E-state index is -0.173. The van der Waals surface area contributed by atoms with Crippen molar-refractivity contribution in [1.29, 1.82) is 0 Å². The topological polar surface area (TPSA) is 61.6 Å². The maximum absolute atomic E-state index is 13.7. The Bertz CT molecular complexity index is 1210. The summed E-state index contributed by atoms with van der Waals surface area (Å²) in [6.07, 6.45) is 1.72. The lowest BCUT2D eigenvalue weighted by atomic mass is 10.0. The highest BCUT2D eigenvalue weighted by molar-refractivity contribution is 5.62. The van der Waals surface area contributed by atoms with Gasteiger partial charge in [0.15, 0.2) is 0 Å². The normalized spacial score (nSPS) is 19.1. The van der Waals surface area contributed by atoms with E-state index in [-0.39, 0.29) is 17.4 Å². The quantitative estimate of drug-likeness (QED) is 0.414. The van der Waals surface area contributed by atoms with Crippen molar-refractivity contribution in [1.82, 2.24) is 29.8 Å². The number of rotatable bonds is 10. The lowest BCUT2D eigenvalue weighted by molar-refractivity contribution is 0.0481. The Hall–Kier alpha value is -2.78. The average molecular weight is 535 g/mol. The fraction of sp³-hybridized carbons (Fsp3) is 0.516. The van der Waals surface area contributed by atoms with E-state index in [4.69, 9.17) is 0 Å². The second kappa shape index (κ2) is 13.0. The number of halogens is 1. The van der Waals surface area contributed by atoms with Gasteiger partial charge in [-0.15, -0.1) is 0 Å². The Morgan fingerprint density at radius 3 is 2.10 bits per heavy atom. The largest absolute Gasteiger partial charge is 0.301 e. The Morgan fingerprint density at radius 2 is 1.44 bits per heavy atom. The zero-order valence-corrected chi connectivity index (χ0v) is 23.4. The molecule has 210 valence electrons. The van der Waals surface area contributed by atoms with Crippen LogP contribution in [0.5, 0.6) is 0 Å². The number of nitrogens with zero attached hydrogens (tertiary/aromatic N) is 4. The summed E-state index contributed by atoms with van der Waals surface area (Å²) in [5.41, 5.74) is 3.99. The van der Waals surface area contributed by atoms with Gasteiger partial charge in [-0.05, 0) is 56.5 Å². The Balaban J connectivity index is 1.13. The summed E-state index contributed by atoms with van der Waals surface area (Å²) in [6.45, 7) is 14.9. The number of H-pyrrole nitrogens is 2. The summed E-state index contributed by atoms with van der Waals surface area (Å²) in [5.74, 6) is -0.173. The minimum Gasteiger partial charge on any atom is -0.301 e. The molecule has 1 unspecified atom stereocenters. The molecule has 2 fully saturated rings. The lowest BCUT2D eigenvalue weighted by Crippen LogP contribution is -2.53. The van der Waals surface area contributed by atoms with E-state index in [9.17, 15) is 9.18 Å². The molecule has 39 heavy (non-hydrogen) atoms. The molecule has 0 saturated carbocycles. The molecule has 1 aromatic heterocycles. The van der Waals surface area contributed by atoms with Crippen LogP contribution in [-0.4, -0.2) is 101 Å². The van der Waals surface area contributed by atoms with Crippen molar-refractivity contribution in [3.05, 3.63) is 81.9 Å². The summed E-state index contributed by atoms with van der Waals surface area (Å²) >= 11 is 0. The summed E-state index contributed by atoms with van der Waals surface area (Å²) in [7, 11) is 0. The molecule has 3 aromatic rings. The third-order valence-corrected chi connectivity index (χ3v) is 8.51. The third kappa shape index (κ3) is 7.06. The Kier molecular flexibility index (Phi) is 9.29. The van der Waals surface area contributed by atoms with Crippen molar-refractivity contribution >= 4 is 0 Å². The second-order valence-electron chi connectivity index (χ2n) is 11.3. The highest BCUT2D eigenvalue weighted by atomic mass is 19.1. The highest BCUT2D eigenvalue weighted by Crippen LogP contribution is 2.25. The molecule has 2 aromatic carbocycles. The third-order valence-electron chi connectivity index (χ3n) is 8.51.